The molecule has 0 amide bonds. The van der Waals surface area contributed by atoms with Crippen molar-refractivity contribution in [3.05, 3.63) is 22.2 Å². The molecule has 0 saturated carbocycles. The number of hydrogen-bond acceptors (Lipinski definition) is 5. The van der Waals surface area contributed by atoms with Crippen LogP contribution in [-0.4, -0.2) is 17.1 Å². The van der Waals surface area contributed by atoms with E-state index in [9.17, 15) is 15.2 Å². The summed E-state index contributed by atoms with van der Waals surface area (Å²) in [4.78, 5) is 9.73. The maximum absolute atomic E-state index is 10.3. The minimum atomic E-state index is -0.613. The molecular weight excluding hydrogens is 176 g/mol. The van der Waals surface area contributed by atoms with Crippen LogP contribution in [-0.2, 0) is 0 Å². The van der Waals surface area contributed by atoms with Crippen LogP contribution in [0, 0.1) is 10.1 Å². The third kappa shape index (κ3) is 1.61. The second-order valence-corrected chi connectivity index (χ2v) is 2.34. The van der Waals surface area contributed by atoms with Crippen LogP contribution in [0.4, 0.5) is 11.4 Å². The van der Waals surface area contributed by atoms with Gasteiger partial charge in [-0.15, -0.1) is 0 Å². The SMILES string of the molecule is COc1cc([N+](=O)[O-])cc(N)c1O. The number of non-ortho nitro benzene ring substituents is 1. The molecule has 0 aliphatic carbocycles. The minimum Gasteiger partial charge on any atom is -0.503 e. The van der Waals surface area contributed by atoms with Gasteiger partial charge in [-0.1, -0.05) is 0 Å². The first kappa shape index (κ1) is 9.11. The Balaban J connectivity index is 3.30. The van der Waals surface area contributed by atoms with E-state index in [0.29, 0.717) is 0 Å². The topological polar surface area (TPSA) is 98.6 Å². The maximum atomic E-state index is 10.3. The van der Waals surface area contributed by atoms with Crippen LogP contribution in [0.3, 0.4) is 0 Å². The van der Waals surface area contributed by atoms with Crippen molar-refractivity contribution in [2.45, 2.75) is 0 Å². The van der Waals surface area contributed by atoms with Crippen LogP contribution in [0.5, 0.6) is 11.5 Å². The molecule has 0 aromatic heterocycles. The number of anilines is 1. The van der Waals surface area contributed by atoms with E-state index in [1.165, 1.54) is 7.11 Å². The van der Waals surface area contributed by atoms with Crippen LogP contribution in [0.2, 0.25) is 0 Å². The van der Waals surface area contributed by atoms with E-state index < -0.39 is 4.92 Å². The highest BCUT2D eigenvalue weighted by atomic mass is 16.6. The first-order valence-corrected chi connectivity index (χ1v) is 3.37. The highest BCUT2D eigenvalue weighted by molar-refractivity contribution is 5.64. The third-order valence-corrected chi connectivity index (χ3v) is 1.52. The van der Waals surface area contributed by atoms with Gasteiger partial charge in [0.2, 0.25) is 0 Å². The maximum Gasteiger partial charge on any atom is 0.275 e. The van der Waals surface area contributed by atoms with Gasteiger partial charge in [-0.05, 0) is 0 Å². The molecular formula is C7H8N2O4. The number of nitro benzene ring substituents is 1. The Labute approximate surface area is 73.7 Å². The van der Waals surface area contributed by atoms with E-state index in [1.54, 1.807) is 0 Å². The zero-order valence-electron chi connectivity index (χ0n) is 6.85. The smallest absolute Gasteiger partial charge is 0.275 e. The molecule has 0 saturated heterocycles. The lowest BCUT2D eigenvalue weighted by Gasteiger charge is -2.04. The Morgan fingerprint density at radius 2 is 2.23 bits per heavy atom. The zero-order chi connectivity index (χ0) is 10.0. The monoisotopic (exact) mass is 184 g/mol. The molecule has 3 N–H and O–H groups in total. The number of aromatic hydroxyl groups is 1. The minimum absolute atomic E-state index is 0.00769. The van der Waals surface area contributed by atoms with Crippen molar-refractivity contribution in [2.75, 3.05) is 12.8 Å². The number of nitrogen functional groups attached to an aromatic ring is 1. The Hall–Kier alpha value is -1.98. The molecule has 13 heavy (non-hydrogen) atoms. The van der Waals surface area contributed by atoms with Crippen molar-refractivity contribution in [2.24, 2.45) is 0 Å². The number of nitrogens with two attached hydrogens (primary N) is 1. The molecule has 0 fully saturated rings. The predicted molar refractivity (Wildman–Crippen MR) is 45.7 cm³/mol. The first-order chi connectivity index (χ1) is 6.06. The van der Waals surface area contributed by atoms with Crippen LogP contribution in [0.25, 0.3) is 0 Å². The standard InChI is InChI=1S/C7H8N2O4/c1-13-6-3-4(9(11)12)2-5(8)7(6)10/h2-3,10H,8H2,1H3. The summed E-state index contributed by atoms with van der Waals surface area (Å²) in [5.74, 6) is -0.292. The van der Waals surface area contributed by atoms with Gasteiger partial charge in [-0.3, -0.25) is 10.1 Å². The lowest BCUT2D eigenvalue weighted by molar-refractivity contribution is -0.384. The lowest BCUT2D eigenvalue weighted by atomic mass is 10.2. The fourth-order valence-electron chi connectivity index (χ4n) is 0.875. The largest absolute Gasteiger partial charge is 0.503 e. The number of hydrogen-bond donors (Lipinski definition) is 2. The number of benzene rings is 1. The van der Waals surface area contributed by atoms with E-state index in [1.807, 2.05) is 0 Å². The van der Waals surface area contributed by atoms with E-state index in [4.69, 9.17) is 5.73 Å². The van der Waals surface area contributed by atoms with E-state index in [-0.39, 0.29) is 22.9 Å². The van der Waals surface area contributed by atoms with Gasteiger partial charge in [-0.2, -0.15) is 0 Å². The quantitative estimate of drug-likeness (QED) is 0.308. The third-order valence-electron chi connectivity index (χ3n) is 1.52. The summed E-state index contributed by atoms with van der Waals surface area (Å²) in [6, 6.07) is 2.17. The highest BCUT2D eigenvalue weighted by Gasteiger charge is 2.14. The van der Waals surface area contributed by atoms with Crippen molar-refractivity contribution in [3.8, 4) is 11.5 Å². The number of nitrogens with zero attached hydrogens (tertiary/aromatic N) is 1. The Morgan fingerprint density at radius 1 is 1.62 bits per heavy atom. The van der Waals surface area contributed by atoms with Crippen LogP contribution in [0.15, 0.2) is 12.1 Å². The van der Waals surface area contributed by atoms with Gasteiger partial charge in [0.05, 0.1) is 23.8 Å². The molecule has 0 bridgehead atoms. The molecule has 0 aliphatic rings. The van der Waals surface area contributed by atoms with E-state index in [0.717, 1.165) is 12.1 Å². The summed E-state index contributed by atoms with van der Waals surface area (Å²) in [5, 5.41) is 19.6. The molecule has 0 aliphatic heterocycles. The van der Waals surface area contributed by atoms with E-state index >= 15 is 0 Å². The predicted octanol–water partition coefficient (Wildman–Crippen LogP) is 0.891. The summed E-state index contributed by atoms with van der Waals surface area (Å²) >= 11 is 0. The summed E-state index contributed by atoms with van der Waals surface area (Å²) < 4.78 is 4.68. The molecule has 0 radical (unpaired) electrons. The average molecular weight is 184 g/mol. The molecule has 70 valence electrons. The molecule has 0 spiro atoms. The van der Waals surface area contributed by atoms with Gasteiger partial charge in [0.25, 0.3) is 5.69 Å². The van der Waals surface area contributed by atoms with Gasteiger partial charge >= 0.3 is 0 Å². The molecule has 1 aromatic rings. The number of phenols is 1. The molecule has 0 atom stereocenters. The number of phenolic OH excluding ortho intramolecular Hbond substituents is 1. The van der Waals surface area contributed by atoms with Crippen molar-refractivity contribution >= 4 is 11.4 Å². The molecule has 6 nitrogen and oxygen atoms in total. The average Bonchev–Trinajstić information content (AvgIpc) is 2.09. The second-order valence-electron chi connectivity index (χ2n) is 2.34. The van der Waals surface area contributed by atoms with Gasteiger partial charge in [0, 0.05) is 6.07 Å². The Morgan fingerprint density at radius 3 is 2.69 bits per heavy atom. The van der Waals surface area contributed by atoms with Gasteiger partial charge < -0.3 is 15.6 Å². The van der Waals surface area contributed by atoms with Crippen molar-refractivity contribution in [1.29, 1.82) is 0 Å². The Kier molecular flexibility index (Phi) is 2.23. The normalized spacial score (nSPS) is 9.62. The highest BCUT2D eigenvalue weighted by Crippen LogP contribution is 2.35. The van der Waals surface area contributed by atoms with E-state index in [2.05, 4.69) is 4.74 Å². The number of rotatable bonds is 2. The summed E-state index contributed by atoms with van der Waals surface area (Å²) in [6.07, 6.45) is 0. The van der Waals surface area contributed by atoms with Crippen molar-refractivity contribution < 1.29 is 14.8 Å². The molecule has 6 heteroatoms. The lowest BCUT2D eigenvalue weighted by Crippen LogP contribution is -1.94. The number of ether oxygens (including phenoxy) is 1. The summed E-state index contributed by atoms with van der Waals surface area (Å²) in [6.45, 7) is 0. The summed E-state index contributed by atoms with van der Waals surface area (Å²) in [5.41, 5.74) is 5.01. The second kappa shape index (κ2) is 3.18. The molecule has 1 aromatic carbocycles. The van der Waals surface area contributed by atoms with Gasteiger partial charge in [0.15, 0.2) is 11.5 Å². The van der Waals surface area contributed by atoms with Crippen molar-refractivity contribution in [1.82, 2.24) is 0 Å². The fraction of sp³-hybridized carbons (Fsp3) is 0.143. The van der Waals surface area contributed by atoms with Crippen LogP contribution >= 0.6 is 0 Å². The Bertz CT molecular complexity index is 351. The van der Waals surface area contributed by atoms with Gasteiger partial charge in [-0.25, -0.2) is 0 Å². The fourth-order valence-corrected chi connectivity index (χ4v) is 0.875. The zero-order valence-corrected chi connectivity index (χ0v) is 6.85. The number of nitro groups is 1. The van der Waals surface area contributed by atoms with Gasteiger partial charge in [0.1, 0.15) is 0 Å². The van der Waals surface area contributed by atoms with Crippen LogP contribution in [0.1, 0.15) is 0 Å². The first-order valence-electron chi connectivity index (χ1n) is 3.37. The molecule has 1 rings (SSSR count). The molecule has 0 heterocycles. The molecule has 0 unspecified atom stereocenters. The van der Waals surface area contributed by atoms with Crippen molar-refractivity contribution in [3.63, 3.8) is 0 Å². The van der Waals surface area contributed by atoms with Crippen LogP contribution < -0.4 is 10.5 Å². The number of methoxy groups -OCH3 is 1. The summed E-state index contributed by atoms with van der Waals surface area (Å²) in [7, 11) is 1.29.